The van der Waals surface area contributed by atoms with E-state index in [0.29, 0.717) is 17.9 Å². The molecule has 0 aliphatic heterocycles. The van der Waals surface area contributed by atoms with Crippen LogP contribution in [0.15, 0.2) is 36.5 Å². The summed E-state index contributed by atoms with van der Waals surface area (Å²) in [5.41, 5.74) is 0.762. The van der Waals surface area contributed by atoms with Gasteiger partial charge in [-0.1, -0.05) is 6.92 Å². The van der Waals surface area contributed by atoms with E-state index in [1.165, 1.54) is 43.6 Å². The van der Waals surface area contributed by atoms with Gasteiger partial charge in [0.25, 0.3) is 0 Å². The van der Waals surface area contributed by atoms with E-state index in [9.17, 15) is 8.78 Å². The van der Waals surface area contributed by atoms with Gasteiger partial charge in [-0.15, -0.1) is 0 Å². The van der Waals surface area contributed by atoms with Gasteiger partial charge in [0.15, 0.2) is 0 Å². The van der Waals surface area contributed by atoms with Crippen LogP contribution in [-0.4, -0.2) is 18.6 Å². The maximum absolute atomic E-state index is 14.1. The molecule has 0 spiro atoms. The molecule has 1 aromatic heterocycles. The van der Waals surface area contributed by atoms with Gasteiger partial charge in [0.2, 0.25) is 0 Å². The first kappa shape index (κ1) is 15.4. The fourth-order valence-corrected chi connectivity index (χ4v) is 2.18. The number of nitrogens with one attached hydrogen (secondary N) is 1. The van der Waals surface area contributed by atoms with Crippen molar-refractivity contribution in [2.24, 2.45) is 0 Å². The van der Waals surface area contributed by atoms with Crippen molar-refractivity contribution in [1.29, 1.82) is 0 Å². The van der Waals surface area contributed by atoms with Gasteiger partial charge in [0.05, 0.1) is 18.8 Å². The van der Waals surface area contributed by atoms with E-state index in [2.05, 4.69) is 10.3 Å². The fraction of sp³-hybridized carbons (Fsp3) is 0.312. The molecule has 1 atom stereocenters. The molecule has 2 aromatic rings. The zero-order valence-corrected chi connectivity index (χ0v) is 12.1. The third-order valence-electron chi connectivity index (χ3n) is 3.16. The lowest BCUT2D eigenvalue weighted by Gasteiger charge is -2.21. The molecule has 0 bridgehead atoms. The highest BCUT2D eigenvalue weighted by molar-refractivity contribution is 5.40. The summed E-state index contributed by atoms with van der Waals surface area (Å²) < 4.78 is 32.9. The molecular formula is C16H18F2N2O. The molecule has 0 aliphatic carbocycles. The molecule has 5 heteroatoms. The average Bonchev–Trinajstić information content (AvgIpc) is 2.49. The summed E-state index contributed by atoms with van der Waals surface area (Å²) >= 11 is 0. The second kappa shape index (κ2) is 7.13. The second-order valence-corrected chi connectivity index (χ2v) is 4.64. The Labute approximate surface area is 123 Å². The molecule has 2 rings (SSSR count). The normalized spacial score (nSPS) is 12.2. The van der Waals surface area contributed by atoms with Gasteiger partial charge in [-0.3, -0.25) is 4.98 Å². The van der Waals surface area contributed by atoms with Crippen LogP contribution in [-0.2, 0) is 0 Å². The number of methoxy groups -OCH3 is 1. The summed E-state index contributed by atoms with van der Waals surface area (Å²) in [7, 11) is 1.50. The van der Waals surface area contributed by atoms with Crippen molar-refractivity contribution < 1.29 is 13.5 Å². The standard InChI is InChI=1S/C16H18F2N2O/c1-3-8-19-15(16-13(18)5-4-9-20-16)12-10-11(17)6-7-14(12)21-2/h4-7,9-10,15,19H,3,8H2,1-2H3. The molecule has 0 aliphatic rings. The van der Waals surface area contributed by atoms with Crippen LogP contribution in [0.3, 0.4) is 0 Å². The number of benzene rings is 1. The summed E-state index contributed by atoms with van der Waals surface area (Å²) in [6.07, 6.45) is 2.38. The van der Waals surface area contributed by atoms with E-state index in [0.717, 1.165) is 6.42 Å². The van der Waals surface area contributed by atoms with Crippen molar-refractivity contribution >= 4 is 0 Å². The smallest absolute Gasteiger partial charge is 0.146 e. The predicted octanol–water partition coefficient (Wildman–Crippen LogP) is 3.46. The van der Waals surface area contributed by atoms with Crippen LogP contribution in [0, 0.1) is 11.6 Å². The molecule has 0 saturated carbocycles. The van der Waals surface area contributed by atoms with Crippen LogP contribution >= 0.6 is 0 Å². The van der Waals surface area contributed by atoms with Gasteiger partial charge in [-0.05, 0) is 43.3 Å². The van der Waals surface area contributed by atoms with Crippen molar-refractivity contribution in [3.8, 4) is 5.75 Å². The van der Waals surface area contributed by atoms with Gasteiger partial charge < -0.3 is 10.1 Å². The minimum atomic E-state index is -0.559. The first-order valence-corrected chi connectivity index (χ1v) is 6.84. The molecule has 1 N–H and O–H groups in total. The molecule has 0 radical (unpaired) electrons. The number of aromatic nitrogens is 1. The number of halogens is 2. The van der Waals surface area contributed by atoms with Crippen LogP contribution in [0.4, 0.5) is 8.78 Å². The Hall–Kier alpha value is -2.01. The van der Waals surface area contributed by atoms with E-state index in [4.69, 9.17) is 4.74 Å². The zero-order chi connectivity index (χ0) is 15.2. The molecule has 3 nitrogen and oxygen atoms in total. The summed E-state index contributed by atoms with van der Waals surface area (Å²) in [4.78, 5) is 4.10. The van der Waals surface area contributed by atoms with Crippen molar-refractivity contribution in [3.63, 3.8) is 0 Å². The highest BCUT2D eigenvalue weighted by Gasteiger charge is 2.22. The third-order valence-corrected chi connectivity index (χ3v) is 3.16. The maximum atomic E-state index is 14.1. The Morgan fingerprint density at radius 2 is 2.10 bits per heavy atom. The lowest BCUT2D eigenvalue weighted by Crippen LogP contribution is -2.25. The fourth-order valence-electron chi connectivity index (χ4n) is 2.18. The summed E-state index contributed by atoms with van der Waals surface area (Å²) in [5, 5.41) is 3.20. The van der Waals surface area contributed by atoms with E-state index in [1.807, 2.05) is 6.92 Å². The largest absolute Gasteiger partial charge is 0.496 e. The maximum Gasteiger partial charge on any atom is 0.146 e. The topological polar surface area (TPSA) is 34.1 Å². The third kappa shape index (κ3) is 3.55. The number of rotatable bonds is 6. The van der Waals surface area contributed by atoms with Gasteiger partial charge in [-0.2, -0.15) is 0 Å². The Bertz CT molecular complexity index is 605. The lowest BCUT2D eigenvalue weighted by atomic mass is 10.0. The monoisotopic (exact) mass is 292 g/mol. The summed E-state index contributed by atoms with van der Waals surface area (Å²) in [6.45, 7) is 2.65. The van der Waals surface area contributed by atoms with Crippen molar-refractivity contribution in [2.75, 3.05) is 13.7 Å². The van der Waals surface area contributed by atoms with Crippen LogP contribution in [0.2, 0.25) is 0 Å². The SMILES string of the molecule is CCCNC(c1cc(F)ccc1OC)c1ncccc1F. The molecule has 112 valence electrons. The number of pyridine rings is 1. The molecular weight excluding hydrogens is 274 g/mol. The number of nitrogens with zero attached hydrogens (tertiary/aromatic N) is 1. The zero-order valence-electron chi connectivity index (χ0n) is 12.1. The predicted molar refractivity (Wildman–Crippen MR) is 77.3 cm³/mol. The Kier molecular flexibility index (Phi) is 5.22. The van der Waals surface area contributed by atoms with Crippen molar-refractivity contribution in [1.82, 2.24) is 10.3 Å². The highest BCUT2D eigenvalue weighted by Crippen LogP contribution is 2.30. The number of ether oxygens (including phenoxy) is 1. The quantitative estimate of drug-likeness (QED) is 0.885. The highest BCUT2D eigenvalue weighted by atomic mass is 19.1. The molecule has 1 heterocycles. The molecule has 0 amide bonds. The molecule has 21 heavy (non-hydrogen) atoms. The minimum Gasteiger partial charge on any atom is -0.496 e. The van der Waals surface area contributed by atoms with Crippen LogP contribution < -0.4 is 10.1 Å². The Balaban J connectivity index is 2.50. The molecule has 1 aromatic carbocycles. The van der Waals surface area contributed by atoms with Gasteiger partial charge in [-0.25, -0.2) is 8.78 Å². The van der Waals surface area contributed by atoms with Gasteiger partial charge in [0, 0.05) is 11.8 Å². The molecule has 0 fully saturated rings. The minimum absolute atomic E-state index is 0.231. The summed E-state index contributed by atoms with van der Waals surface area (Å²) in [6, 6.07) is 6.50. The van der Waals surface area contributed by atoms with Crippen molar-refractivity contribution in [3.05, 3.63) is 59.4 Å². The van der Waals surface area contributed by atoms with Gasteiger partial charge in [0.1, 0.15) is 17.4 Å². The van der Waals surface area contributed by atoms with E-state index in [1.54, 1.807) is 0 Å². The van der Waals surface area contributed by atoms with Crippen LogP contribution in [0.25, 0.3) is 0 Å². The first-order chi connectivity index (χ1) is 10.2. The summed E-state index contributed by atoms with van der Waals surface area (Å²) in [5.74, 6) is -0.335. The van der Waals surface area contributed by atoms with Gasteiger partial charge >= 0.3 is 0 Å². The average molecular weight is 292 g/mol. The molecule has 0 saturated heterocycles. The Morgan fingerprint density at radius 1 is 1.29 bits per heavy atom. The van der Waals surface area contributed by atoms with E-state index >= 15 is 0 Å². The van der Waals surface area contributed by atoms with Crippen LogP contribution in [0.1, 0.15) is 30.6 Å². The lowest BCUT2D eigenvalue weighted by molar-refractivity contribution is 0.400. The Morgan fingerprint density at radius 3 is 2.76 bits per heavy atom. The first-order valence-electron chi connectivity index (χ1n) is 6.84. The number of hydrogen-bond acceptors (Lipinski definition) is 3. The second-order valence-electron chi connectivity index (χ2n) is 4.64. The molecule has 1 unspecified atom stereocenters. The number of hydrogen-bond donors (Lipinski definition) is 1. The van der Waals surface area contributed by atoms with Crippen molar-refractivity contribution in [2.45, 2.75) is 19.4 Å². The van der Waals surface area contributed by atoms with E-state index in [-0.39, 0.29) is 5.69 Å². The van der Waals surface area contributed by atoms with Crippen LogP contribution in [0.5, 0.6) is 5.75 Å². The van der Waals surface area contributed by atoms with E-state index < -0.39 is 17.7 Å².